The van der Waals surface area contributed by atoms with Gasteiger partial charge in [0.25, 0.3) is 0 Å². The molecule has 0 amide bonds. The number of hydrogen-bond acceptors (Lipinski definition) is 4. The summed E-state index contributed by atoms with van der Waals surface area (Å²) < 4.78 is 18.4. The van der Waals surface area contributed by atoms with Crippen LogP contribution in [-0.2, 0) is 6.54 Å². The Labute approximate surface area is 123 Å². The van der Waals surface area contributed by atoms with Crippen molar-refractivity contribution in [1.82, 2.24) is 9.88 Å². The molecule has 1 aromatic carbocycles. The molecule has 0 saturated carbocycles. The molecule has 1 saturated heterocycles. The lowest BCUT2D eigenvalue weighted by Gasteiger charge is -2.34. The van der Waals surface area contributed by atoms with Crippen LogP contribution in [0.25, 0.3) is 11.5 Å². The fourth-order valence-corrected chi connectivity index (χ4v) is 2.73. The summed E-state index contributed by atoms with van der Waals surface area (Å²) in [4.78, 5) is 6.83. The van der Waals surface area contributed by atoms with E-state index >= 15 is 0 Å². The number of rotatable bonds is 3. The van der Waals surface area contributed by atoms with Crippen molar-refractivity contribution in [2.45, 2.75) is 25.9 Å². The van der Waals surface area contributed by atoms with Gasteiger partial charge in [-0.25, -0.2) is 9.37 Å². The summed E-state index contributed by atoms with van der Waals surface area (Å²) in [5.74, 6) is 0.776. The molecule has 5 heteroatoms. The third-order valence-corrected chi connectivity index (χ3v) is 4.08. The molecule has 2 aromatic rings. The van der Waals surface area contributed by atoms with Crippen LogP contribution in [0.15, 0.2) is 34.9 Å². The molecule has 2 heterocycles. The number of aromatic nitrogens is 1. The van der Waals surface area contributed by atoms with Crippen molar-refractivity contribution in [3.8, 4) is 11.5 Å². The van der Waals surface area contributed by atoms with E-state index in [0.717, 1.165) is 37.3 Å². The lowest BCUT2D eigenvalue weighted by Crippen LogP contribution is -2.45. The van der Waals surface area contributed by atoms with Crippen LogP contribution in [-0.4, -0.2) is 29.0 Å². The number of piperidine rings is 1. The third-order valence-electron chi connectivity index (χ3n) is 4.08. The number of oxazole rings is 1. The quantitative estimate of drug-likeness (QED) is 0.944. The van der Waals surface area contributed by atoms with Crippen molar-refractivity contribution in [1.29, 1.82) is 0 Å². The van der Waals surface area contributed by atoms with E-state index in [1.165, 1.54) is 12.1 Å². The summed E-state index contributed by atoms with van der Waals surface area (Å²) >= 11 is 0. The summed E-state index contributed by atoms with van der Waals surface area (Å²) in [6, 6.07) is 6.47. The van der Waals surface area contributed by atoms with Gasteiger partial charge in [-0.1, -0.05) is 6.92 Å². The maximum Gasteiger partial charge on any atom is 0.226 e. The first-order valence-electron chi connectivity index (χ1n) is 7.30. The fraction of sp³-hybridized carbons (Fsp3) is 0.438. The van der Waals surface area contributed by atoms with Gasteiger partial charge in [0.05, 0.1) is 5.69 Å². The number of likely N-dealkylation sites (tertiary alicyclic amines) is 1. The van der Waals surface area contributed by atoms with Crippen LogP contribution in [0.3, 0.4) is 0 Å². The van der Waals surface area contributed by atoms with Crippen LogP contribution >= 0.6 is 0 Å². The predicted octanol–water partition coefficient (Wildman–Crippen LogP) is 2.65. The van der Waals surface area contributed by atoms with Crippen LogP contribution in [0, 0.1) is 11.7 Å². The van der Waals surface area contributed by atoms with Gasteiger partial charge in [-0.15, -0.1) is 0 Å². The van der Waals surface area contributed by atoms with Gasteiger partial charge in [-0.05, 0) is 36.6 Å². The molecule has 0 bridgehead atoms. The van der Waals surface area contributed by atoms with Crippen molar-refractivity contribution in [2.75, 3.05) is 13.1 Å². The smallest absolute Gasteiger partial charge is 0.226 e. The molecule has 1 aliphatic rings. The van der Waals surface area contributed by atoms with Gasteiger partial charge in [-0.2, -0.15) is 0 Å². The summed E-state index contributed by atoms with van der Waals surface area (Å²) in [6.45, 7) is 4.93. The van der Waals surface area contributed by atoms with Crippen molar-refractivity contribution in [2.24, 2.45) is 11.7 Å². The molecule has 1 aliphatic heterocycles. The molecule has 0 aliphatic carbocycles. The number of halogens is 1. The molecule has 4 nitrogen and oxygen atoms in total. The van der Waals surface area contributed by atoms with E-state index in [9.17, 15) is 4.39 Å². The van der Waals surface area contributed by atoms with E-state index in [-0.39, 0.29) is 5.82 Å². The van der Waals surface area contributed by atoms with Crippen LogP contribution in [0.2, 0.25) is 0 Å². The Bertz CT molecular complexity index is 596. The third kappa shape index (κ3) is 3.31. The highest BCUT2D eigenvalue weighted by Crippen LogP contribution is 2.21. The van der Waals surface area contributed by atoms with E-state index < -0.39 is 0 Å². The molecular weight excluding hydrogens is 269 g/mol. The number of nitrogens with two attached hydrogens (primary N) is 1. The number of hydrogen-bond donors (Lipinski definition) is 1. The van der Waals surface area contributed by atoms with E-state index in [0.29, 0.717) is 17.9 Å². The van der Waals surface area contributed by atoms with Crippen molar-refractivity contribution >= 4 is 0 Å². The topological polar surface area (TPSA) is 55.3 Å². The molecule has 2 unspecified atom stereocenters. The van der Waals surface area contributed by atoms with Gasteiger partial charge in [0.15, 0.2) is 0 Å². The Kier molecular flexibility index (Phi) is 4.03. The predicted molar refractivity (Wildman–Crippen MR) is 78.9 cm³/mol. The summed E-state index contributed by atoms with van der Waals surface area (Å²) in [5, 5.41) is 0. The molecule has 2 atom stereocenters. The van der Waals surface area contributed by atoms with Crippen molar-refractivity contribution in [3.63, 3.8) is 0 Å². The normalized spacial score (nSPS) is 23.4. The zero-order valence-corrected chi connectivity index (χ0v) is 12.1. The van der Waals surface area contributed by atoms with E-state index in [1.807, 2.05) is 0 Å². The Morgan fingerprint density at radius 3 is 2.86 bits per heavy atom. The second-order valence-electron chi connectivity index (χ2n) is 5.82. The van der Waals surface area contributed by atoms with Gasteiger partial charge in [0.1, 0.15) is 12.1 Å². The Balaban J connectivity index is 1.66. The number of nitrogens with zero attached hydrogens (tertiary/aromatic N) is 2. The molecular formula is C16H20FN3O. The minimum atomic E-state index is -0.260. The summed E-state index contributed by atoms with van der Waals surface area (Å²) in [7, 11) is 0. The van der Waals surface area contributed by atoms with Gasteiger partial charge in [0, 0.05) is 31.2 Å². The minimum Gasteiger partial charge on any atom is -0.444 e. The average molecular weight is 289 g/mol. The lowest BCUT2D eigenvalue weighted by molar-refractivity contribution is 0.156. The van der Waals surface area contributed by atoms with Crippen molar-refractivity contribution in [3.05, 3.63) is 42.0 Å². The second kappa shape index (κ2) is 5.95. The van der Waals surface area contributed by atoms with Crippen LogP contribution in [0.4, 0.5) is 4.39 Å². The van der Waals surface area contributed by atoms with Crippen LogP contribution in [0.1, 0.15) is 19.0 Å². The first-order chi connectivity index (χ1) is 10.1. The van der Waals surface area contributed by atoms with Crippen LogP contribution in [0.5, 0.6) is 0 Å². The van der Waals surface area contributed by atoms with Gasteiger partial charge in [-0.3, -0.25) is 4.90 Å². The summed E-state index contributed by atoms with van der Waals surface area (Å²) in [6.07, 6.45) is 2.70. The first kappa shape index (κ1) is 14.2. The number of benzene rings is 1. The zero-order valence-electron chi connectivity index (χ0n) is 12.1. The molecule has 0 radical (unpaired) electrons. The molecule has 3 rings (SSSR count). The van der Waals surface area contributed by atoms with Gasteiger partial charge >= 0.3 is 0 Å². The highest BCUT2D eigenvalue weighted by atomic mass is 19.1. The average Bonchev–Trinajstić information content (AvgIpc) is 2.92. The minimum absolute atomic E-state index is 0.260. The van der Waals surface area contributed by atoms with Crippen molar-refractivity contribution < 1.29 is 8.81 Å². The Morgan fingerprint density at radius 2 is 2.14 bits per heavy atom. The largest absolute Gasteiger partial charge is 0.444 e. The lowest BCUT2D eigenvalue weighted by atomic mass is 9.95. The molecule has 1 fully saturated rings. The maximum atomic E-state index is 12.9. The molecule has 1 aromatic heterocycles. The van der Waals surface area contributed by atoms with Gasteiger partial charge < -0.3 is 10.2 Å². The Hall–Kier alpha value is -1.72. The van der Waals surface area contributed by atoms with E-state index in [4.69, 9.17) is 10.2 Å². The molecule has 112 valence electrons. The standard InChI is InChI=1S/C16H20FN3O/c1-11-8-20(7-6-15(11)18)9-14-10-21-16(19-14)12-2-4-13(17)5-3-12/h2-5,10-11,15H,6-9,18H2,1H3. The monoisotopic (exact) mass is 289 g/mol. The first-order valence-corrected chi connectivity index (χ1v) is 7.30. The van der Waals surface area contributed by atoms with E-state index in [2.05, 4.69) is 16.8 Å². The highest BCUT2D eigenvalue weighted by molar-refractivity contribution is 5.52. The Morgan fingerprint density at radius 1 is 1.38 bits per heavy atom. The fourth-order valence-electron chi connectivity index (χ4n) is 2.73. The molecule has 21 heavy (non-hydrogen) atoms. The SMILES string of the molecule is CC1CN(Cc2coc(-c3ccc(F)cc3)n2)CCC1N. The van der Waals surface area contributed by atoms with E-state index in [1.54, 1.807) is 18.4 Å². The van der Waals surface area contributed by atoms with Crippen LogP contribution < -0.4 is 5.73 Å². The zero-order chi connectivity index (χ0) is 14.8. The van der Waals surface area contributed by atoms with Gasteiger partial charge in [0.2, 0.25) is 5.89 Å². The summed E-state index contributed by atoms with van der Waals surface area (Å²) in [5.41, 5.74) is 7.72. The molecule has 2 N–H and O–H groups in total. The highest BCUT2D eigenvalue weighted by Gasteiger charge is 2.23. The second-order valence-corrected chi connectivity index (χ2v) is 5.82. The molecule has 0 spiro atoms. The maximum absolute atomic E-state index is 12.9.